The molecule has 0 aliphatic rings. The lowest BCUT2D eigenvalue weighted by Gasteiger charge is -2.13. The van der Waals surface area contributed by atoms with E-state index in [0.29, 0.717) is 5.92 Å². The molecule has 0 saturated heterocycles. The third-order valence-corrected chi connectivity index (χ3v) is 1.78. The molecule has 0 saturated carbocycles. The summed E-state index contributed by atoms with van der Waals surface area (Å²) in [5.74, 6) is 1.40. The molecule has 2 heteroatoms. The Morgan fingerprint density at radius 3 is 2.33 bits per heavy atom. The van der Waals surface area contributed by atoms with Crippen LogP contribution in [0.5, 0.6) is 0 Å². The van der Waals surface area contributed by atoms with Crippen LogP contribution in [0.25, 0.3) is 0 Å². The summed E-state index contributed by atoms with van der Waals surface area (Å²) in [6, 6.07) is 0. The van der Waals surface area contributed by atoms with Crippen LogP contribution >= 0.6 is 12.2 Å². The van der Waals surface area contributed by atoms with Crippen LogP contribution in [-0.2, 0) is 0 Å². The highest BCUT2D eigenvalue weighted by Gasteiger charge is 2.04. The fourth-order valence-corrected chi connectivity index (χ4v) is 0.522. The first-order chi connectivity index (χ1) is 4.18. The summed E-state index contributed by atoms with van der Waals surface area (Å²) in [4.78, 5) is 0. The molecule has 9 heavy (non-hydrogen) atoms. The first-order valence-corrected chi connectivity index (χ1v) is 3.69. The molecular weight excluding hydrogens is 130 g/mol. The lowest BCUT2D eigenvalue weighted by atomic mass is 9.98. The quantitative estimate of drug-likeness (QED) is 0.476. The number of nitrogens with one attached hydrogen (secondary N) is 1. The van der Waals surface area contributed by atoms with Crippen LogP contribution in [0, 0.1) is 11.8 Å². The van der Waals surface area contributed by atoms with Crippen LogP contribution in [0.4, 0.5) is 0 Å². The van der Waals surface area contributed by atoms with Crippen LogP contribution in [0.3, 0.4) is 0 Å². The van der Waals surface area contributed by atoms with Gasteiger partial charge in [-0.05, 0) is 11.8 Å². The van der Waals surface area contributed by atoms with Crippen molar-refractivity contribution in [3.05, 3.63) is 0 Å². The summed E-state index contributed by atoms with van der Waals surface area (Å²) in [5.41, 5.74) is 2.49. The molecule has 0 aromatic rings. The Balaban J connectivity index is 3.26. The van der Waals surface area contributed by atoms with Gasteiger partial charge in [0.15, 0.2) is 0 Å². The standard InChI is InChI=1S/C7H14NS/c1-6(2)7(3)4-8-5-9/h6-7H,4H2,1-3H3,(H,8,9). The average molecular weight is 144 g/mol. The van der Waals surface area contributed by atoms with Crippen LogP contribution in [0.1, 0.15) is 20.8 Å². The molecule has 1 unspecified atom stereocenters. The van der Waals surface area contributed by atoms with E-state index in [-0.39, 0.29) is 0 Å². The second kappa shape index (κ2) is 4.74. The maximum Gasteiger partial charge on any atom is 0.134 e. The predicted octanol–water partition coefficient (Wildman–Crippen LogP) is 1.70. The summed E-state index contributed by atoms with van der Waals surface area (Å²) >= 11 is 4.50. The lowest BCUT2D eigenvalue weighted by molar-refractivity contribution is 0.417. The van der Waals surface area contributed by atoms with E-state index >= 15 is 0 Å². The molecule has 0 aromatic carbocycles. The summed E-state index contributed by atoms with van der Waals surface area (Å²) in [5, 5.41) is 2.89. The van der Waals surface area contributed by atoms with Gasteiger partial charge in [0.05, 0.1) is 0 Å². The monoisotopic (exact) mass is 144 g/mol. The minimum absolute atomic E-state index is 0.681. The molecule has 1 atom stereocenters. The summed E-state index contributed by atoms with van der Waals surface area (Å²) in [7, 11) is 0. The Labute approximate surface area is 62.8 Å². The minimum atomic E-state index is 0.681. The van der Waals surface area contributed by atoms with Gasteiger partial charge in [-0.1, -0.05) is 33.0 Å². The Bertz CT molecular complexity index is 81.0. The van der Waals surface area contributed by atoms with E-state index in [1.165, 1.54) is 0 Å². The van der Waals surface area contributed by atoms with E-state index in [1.54, 1.807) is 0 Å². The normalized spacial score (nSPS) is 13.3. The largest absolute Gasteiger partial charge is 0.374 e. The Morgan fingerprint density at radius 2 is 2.00 bits per heavy atom. The molecule has 53 valence electrons. The van der Waals surface area contributed by atoms with Crippen molar-refractivity contribution in [1.82, 2.24) is 5.32 Å². The van der Waals surface area contributed by atoms with Gasteiger partial charge >= 0.3 is 0 Å². The fraction of sp³-hybridized carbons (Fsp3) is 0.857. The van der Waals surface area contributed by atoms with Crippen molar-refractivity contribution in [2.24, 2.45) is 11.8 Å². The second-order valence-electron chi connectivity index (χ2n) is 2.70. The van der Waals surface area contributed by atoms with Crippen molar-refractivity contribution in [3.8, 4) is 0 Å². The number of rotatable bonds is 4. The molecule has 0 aliphatic heterocycles. The third-order valence-electron chi connectivity index (χ3n) is 1.63. The molecule has 0 fully saturated rings. The van der Waals surface area contributed by atoms with Gasteiger partial charge < -0.3 is 5.32 Å². The summed E-state index contributed by atoms with van der Waals surface area (Å²) in [6.45, 7) is 7.55. The zero-order valence-corrected chi connectivity index (χ0v) is 7.09. The van der Waals surface area contributed by atoms with Crippen LogP contribution < -0.4 is 5.32 Å². The Hall–Kier alpha value is -0.110. The van der Waals surface area contributed by atoms with Crippen molar-refractivity contribution in [2.45, 2.75) is 20.8 Å². The van der Waals surface area contributed by atoms with E-state index in [4.69, 9.17) is 0 Å². The summed E-state index contributed by atoms with van der Waals surface area (Å²) in [6.07, 6.45) is 0. The Kier molecular flexibility index (Phi) is 4.68. The van der Waals surface area contributed by atoms with E-state index in [2.05, 4.69) is 43.8 Å². The van der Waals surface area contributed by atoms with Gasteiger partial charge in [-0.25, -0.2) is 0 Å². The fourth-order valence-electron chi connectivity index (χ4n) is 0.438. The van der Waals surface area contributed by atoms with Crippen LogP contribution in [0.2, 0.25) is 0 Å². The second-order valence-corrected chi connectivity index (χ2v) is 2.91. The molecule has 1 N–H and O–H groups in total. The van der Waals surface area contributed by atoms with Gasteiger partial charge in [0, 0.05) is 6.54 Å². The van der Waals surface area contributed by atoms with E-state index in [9.17, 15) is 0 Å². The highest BCUT2D eigenvalue weighted by molar-refractivity contribution is 7.78. The van der Waals surface area contributed by atoms with Crippen molar-refractivity contribution < 1.29 is 0 Å². The average Bonchev–Trinajstić information content (AvgIpc) is 1.82. The minimum Gasteiger partial charge on any atom is -0.374 e. The Morgan fingerprint density at radius 1 is 1.44 bits per heavy atom. The molecule has 0 spiro atoms. The topological polar surface area (TPSA) is 12.0 Å². The van der Waals surface area contributed by atoms with Crippen molar-refractivity contribution >= 4 is 17.7 Å². The van der Waals surface area contributed by atoms with Crippen molar-refractivity contribution in [3.63, 3.8) is 0 Å². The predicted molar refractivity (Wildman–Crippen MR) is 44.6 cm³/mol. The van der Waals surface area contributed by atoms with Gasteiger partial charge in [0.25, 0.3) is 0 Å². The maximum atomic E-state index is 4.50. The van der Waals surface area contributed by atoms with Gasteiger partial charge in [-0.3, -0.25) is 0 Å². The molecule has 0 aliphatic carbocycles. The molecule has 0 rings (SSSR count). The summed E-state index contributed by atoms with van der Waals surface area (Å²) < 4.78 is 0. The molecule has 1 nitrogen and oxygen atoms in total. The number of thiocarbonyl (C=S) groups is 1. The number of hydrogen-bond donors (Lipinski definition) is 1. The van der Waals surface area contributed by atoms with Gasteiger partial charge in [-0.2, -0.15) is 0 Å². The SMILES string of the molecule is CC(C)C(C)CN[C]=S. The van der Waals surface area contributed by atoms with Gasteiger partial charge in [-0.15, -0.1) is 0 Å². The van der Waals surface area contributed by atoms with Gasteiger partial charge in [0.1, 0.15) is 5.49 Å². The van der Waals surface area contributed by atoms with Crippen LogP contribution in [0.15, 0.2) is 0 Å². The molecular formula is C7H14NS. The van der Waals surface area contributed by atoms with Gasteiger partial charge in [0.2, 0.25) is 0 Å². The van der Waals surface area contributed by atoms with E-state index in [0.717, 1.165) is 12.5 Å². The molecule has 0 heterocycles. The smallest absolute Gasteiger partial charge is 0.134 e. The lowest BCUT2D eigenvalue weighted by Crippen LogP contribution is -2.21. The highest BCUT2D eigenvalue weighted by atomic mass is 32.1. The van der Waals surface area contributed by atoms with Crippen molar-refractivity contribution in [1.29, 1.82) is 0 Å². The molecule has 0 amide bonds. The zero-order chi connectivity index (χ0) is 7.28. The van der Waals surface area contributed by atoms with Crippen LogP contribution in [-0.4, -0.2) is 12.0 Å². The van der Waals surface area contributed by atoms with E-state index in [1.807, 2.05) is 0 Å². The third kappa shape index (κ3) is 4.40. The first-order valence-electron chi connectivity index (χ1n) is 3.28. The first kappa shape index (κ1) is 8.89. The maximum absolute atomic E-state index is 4.50. The zero-order valence-electron chi connectivity index (χ0n) is 6.27. The van der Waals surface area contributed by atoms with E-state index < -0.39 is 0 Å². The molecule has 0 bridgehead atoms. The van der Waals surface area contributed by atoms with Crippen molar-refractivity contribution in [2.75, 3.05) is 6.54 Å². The molecule has 1 radical (unpaired) electrons. The number of hydrogen-bond acceptors (Lipinski definition) is 1. The highest BCUT2D eigenvalue weighted by Crippen LogP contribution is 2.06. The molecule has 0 aromatic heterocycles.